The summed E-state index contributed by atoms with van der Waals surface area (Å²) >= 11 is 17.2. The fraction of sp³-hybridized carbons (Fsp3) is 0. The van der Waals surface area contributed by atoms with Gasteiger partial charge in [0.2, 0.25) is 0 Å². The molecule has 0 aliphatic heterocycles. The van der Waals surface area contributed by atoms with Gasteiger partial charge in [0.25, 0.3) is 0 Å². The largest absolute Gasteiger partial charge is 0.310 e. The normalized spacial score (nSPS) is 11.8. The second-order valence-electron chi connectivity index (χ2n) is 36.8. The van der Waals surface area contributed by atoms with E-state index in [0.29, 0.717) is 5.56 Å². The zero-order valence-electron chi connectivity index (χ0n) is 85.8. The third-order valence-corrected chi connectivity index (χ3v) is 32.1. The van der Waals surface area contributed by atoms with Crippen molar-refractivity contribution in [3.63, 3.8) is 0 Å². The minimum atomic E-state index is -0.406. The first-order valence-electron chi connectivity index (χ1n) is 52.2. The first-order valence-corrected chi connectivity index (χ1v) is 54.5. The molecule has 12 heteroatoms. The minimum absolute atomic E-state index is 0.175. The van der Waals surface area contributed by atoms with E-state index in [1.807, 2.05) is 65.1 Å². The number of hydrogen-bond acceptors (Lipinski definition) is 9. The van der Waals surface area contributed by atoms with Gasteiger partial charge in [0, 0.05) is 176 Å². The van der Waals surface area contributed by atoms with Crippen molar-refractivity contribution in [2.24, 2.45) is 0 Å². The summed E-state index contributed by atoms with van der Waals surface area (Å²) in [6.45, 7) is 0. The Morgan fingerprint density at radius 1 is 0.153 bits per heavy atom. The highest BCUT2D eigenvalue weighted by molar-refractivity contribution is 9.11. The number of halogens is 3. The van der Waals surface area contributed by atoms with Crippen LogP contribution in [0, 0.1) is 0 Å². The number of anilines is 18. The van der Waals surface area contributed by atoms with Gasteiger partial charge in [-0.25, -0.2) is 0 Å². The van der Waals surface area contributed by atoms with Crippen LogP contribution in [0.25, 0.3) is 126 Å². The zero-order valence-corrected chi connectivity index (χ0v) is 88.1. The first kappa shape index (κ1) is 88.3. The van der Waals surface area contributed by atoms with Crippen molar-refractivity contribution < 1.29 is 6.85 Å². The van der Waals surface area contributed by atoms with Gasteiger partial charge in [-0.2, -0.15) is 0 Å². The van der Waals surface area contributed by atoms with Crippen molar-refractivity contribution in [1.29, 1.82) is 0 Å². The molecule has 6 nitrogen and oxygen atoms in total. The van der Waals surface area contributed by atoms with Gasteiger partial charge in [-0.05, 0) is 284 Å². The summed E-state index contributed by atoms with van der Waals surface area (Å²) in [5.74, 6) is 0. The lowest BCUT2D eigenvalue weighted by atomic mass is 9.95. The van der Waals surface area contributed by atoms with Crippen LogP contribution in [0.5, 0.6) is 0 Å². The van der Waals surface area contributed by atoms with Gasteiger partial charge in [0.15, 0.2) is 0 Å². The van der Waals surface area contributed by atoms with E-state index in [-0.39, 0.29) is 29.7 Å². The van der Waals surface area contributed by atoms with E-state index in [1.165, 1.54) is 105 Å². The molecule has 0 bridgehead atoms. The Labute approximate surface area is 916 Å². The average molecular weight is 2180 g/mol. The van der Waals surface area contributed by atoms with Gasteiger partial charge in [-0.1, -0.05) is 393 Å². The predicted octanol–water partition coefficient (Wildman–Crippen LogP) is 43.7. The Morgan fingerprint density at radius 2 is 0.433 bits per heavy atom. The lowest BCUT2D eigenvalue weighted by molar-refractivity contribution is 1.25. The number of rotatable bonds is 21. The summed E-state index contributed by atoms with van der Waals surface area (Å²) in [5, 5.41) is 14.9. The topological polar surface area (TPSA) is 19.4 Å². The first-order chi connectivity index (χ1) is 76.1. The Balaban J connectivity index is 0.000000119. The van der Waals surface area contributed by atoms with E-state index in [9.17, 15) is 0 Å². The molecule has 0 amide bonds. The number of nitrogens with zero attached hydrogens (tertiary/aromatic N) is 6. The number of thiophene rings is 3. The summed E-state index contributed by atoms with van der Waals surface area (Å²) in [5.41, 5.74) is 24.3. The van der Waals surface area contributed by atoms with E-state index >= 15 is 0 Å². The molecule has 150 heavy (non-hydrogen) atoms. The summed E-state index contributed by atoms with van der Waals surface area (Å²) in [7, 11) is 0. The molecule has 714 valence electrons. The maximum absolute atomic E-state index is 8.58. The lowest BCUT2D eigenvalue weighted by Gasteiger charge is -2.30. The van der Waals surface area contributed by atoms with Crippen molar-refractivity contribution in [2.75, 3.05) is 29.4 Å². The molecule has 0 saturated heterocycles. The van der Waals surface area contributed by atoms with Crippen molar-refractivity contribution in [2.45, 2.75) is 0 Å². The van der Waals surface area contributed by atoms with Crippen LogP contribution in [0.3, 0.4) is 0 Å². The third kappa shape index (κ3) is 19.3. The minimum Gasteiger partial charge on any atom is -0.310 e. The monoisotopic (exact) mass is 2170 g/mol. The van der Waals surface area contributed by atoms with Gasteiger partial charge in [0.05, 0.1) is 6.85 Å². The quantitative estimate of drug-likeness (QED) is 0.0709. The molecule has 3 aromatic heterocycles. The molecule has 27 aromatic rings. The molecular weight excluding hydrogens is 2080 g/mol. The average Bonchev–Trinajstić information content (AvgIpc) is 1.58. The smallest absolute Gasteiger partial charge is 0.0629 e. The van der Waals surface area contributed by atoms with E-state index in [1.54, 1.807) is 11.3 Å². The maximum Gasteiger partial charge on any atom is 0.0629 e. The molecule has 0 aliphatic rings. The number of para-hydroxylation sites is 5. The molecule has 3 heterocycles. The maximum atomic E-state index is 8.58. The van der Waals surface area contributed by atoms with Crippen molar-refractivity contribution in [3.8, 4) is 33.4 Å². The van der Waals surface area contributed by atoms with Crippen LogP contribution >= 0.6 is 81.8 Å². The molecular formula is C138H93Br3N6S3. The van der Waals surface area contributed by atoms with Crippen molar-refractivity contribution >= 4 is 277 Å². The van der Waals surface area contributed by atoms with Crippen molar-refractivity contribution in [3.05, 3.63) is 577 Å². The highest BCUT2D eigenvalue weighted by atomic mass is 79.9. The van der Waals surface area contributed by atoms with E-state index in [4.69, 9.17) is 6.85 Å². The molecule has 24 aromatic carbocycles. The van der Waals surface area contributed by atoms with Gasteiger partial charge in [0.1, 0.15) is 0 Å². The van der Waals surface area contributed by atoms with Gasteiger partial charge >= 0.3 is 0 Å². The summed E-state index contributed by atoms with van der Waals surface area (Å²) in [4.78, 5) is 13.9. The molecule has 0 N–H and O–H groups in total. The third-order valence-electron chi connectivity index (χ3n) is 27.4. The van der Waals surface area contributed by atoms with Crippen LogP contribution in [0.1, 0.15) is 6.85 Å². The summed E-state index contributed by atoms with van der Waals surface area (Å²) in [6.07, 6.45) is 0. The standard InChI is InChI=1S/3C46H31BrN2S/c47-33-27-38(48(34-17-7-2-8-18-34)35-19-9-3-10-20-35)29-39(28-33)49(36-21-11-4-12-22-36)37-25-26-42-44(30-37)50-45-31-43(32-15-5-1-6-16-32)40-23-13-14-24-41(40)46(42)45;47-36-28-41(48(37-17-5-2-6-18-37)39-23-22-33-14-7-8-15-34(33)27-39)30-42(29-36)49(38-19-11-16-35(26-38)32-12-3-1-4-13-32)40-24-25-44-43-20-9-10-21-45(43)50-46(44)31-40;47-36-28-41(48(37-15-5-2-6-16-37)39-24-21-33-13-7-8-14-35(33)27-39)30-42(29-36)49(38-22-19-34(20-23-38)32-11-3-1-4-12-32)40-25-26-44-43-17-9-10-18-45(43)50-46(44)31-40/h3*1-31H/i;;1D,3D,4D,11D,12D. The number of benzene rings is 24. The van der Waals surface area contributed by atoms with Crippen LogP contribution in [-0.2, 0) is 0 Å². The second kappa shape index (κ2) is 42.1. The Hall–Kier alpha value is -17.0. The van der Waals surface area contributed by atoms with E-state index in [0.717, 1.165) is 126 Å². The van der Waals surface area contributed by atoms with Crippen LogP contribution in [0.2, 0.25) is 0 Å². The van der Waals surface area contributed by atoms with Crippen LogP contribution in [0.4, 0.5) is 102 Å². The Kier molecular flexibility index (Phi) is 24.8. The second-order valence-corrected chi connectivity index (χ2v) is 42.8. The van der Waals surface area contributed by atoms with Crippen LogP contribution in [-0.4, -0.2) is 0 Å². The lowest BCUT2D eigenvalue weighted by Crippen LogP contribution is -2.13. The highest BCUT2D eigenvalue weighted by Gasteiger charge is 2.27. The van der Waals surface area contributed by atoms with E-state index in [2.05, 4.69) is 569 Å². The molecule has 0 saturated carbocycles. The molecule has 0 aliphatic carbocycles. The SMILES string of the molecule is Brc1cc(N(c2ccccc2)c2ccc3ccccc3c2)cc(N(c2cccc(-c3ccccc3)c2)c2ccc3c(c2)sc2ccccc23)c1.Brc1cc(N(c2ccccc2)c2ccccc2)cc(N(c2ccccc2)c2ccc3c(c2)sc2cc(-c4ccccc4)c4ccccc4c23)c1.[2H]c1c([2H])c([2H])c(-c2ccc(N(c3cc(Br)cc(N(c4ccccc4)c4ccc5ccccc5c4)c3)c3ccc4c(c3)sc3ccccc34)cc2)c([2H])c1[2H]. The van der Waals surface area contributed by atoms with Gasteiger partial charge < -0.3 is 29.4 Å². The predicted molar refractivity (Wildman–Crippen MR) is 658 cm³/mol. The molecule has 0 fully saturated rings. The van der Waals surface area contributed by atoms with Crippen LogP contribution in [0.15, 0.2) is 577 Å². The molecule has 27 rings (SSSR count). The number of hydrogen-bond donors (Lipinski definition) is 0. The van der Waals surface area contributed by atoms with Crippen LogP contribution < -0.4 is 29.4 Å². The van der Waals surface area contributed by atoms with E-state index < -0.39 is 6.04 Å². The summed E-state index contributed by atoms with van der Waals surface area (Å²) in [6, 6.07) is 188. The highest BCUT2D eigenvalue weighted by Crippen LogP contribution is 2.53. The molecule has 0 spiro atoms. The fourth-order valence-electron chi connectivity index (χ4n) is 20.6. The Bertz CT molecular complexity index is 9890. The summed E-state index contributed by atoms with van der Waals surface area (Å²) < 4.78 is 52.1. The molecule has 0 atom stereocenters. The Morgan fingerprint density at radius 3 is 0.860 bits per heavy atom. The zero-order chi connectivity index (χ0) is 105. The molecule has 0 radical (unpaired) electrons. The fourth-order valence-corrected chi connectivity index (χ4v) is 25.5. The van der Waals surface area contributed by atoms with Gasteiger partial charge in [-0.15, -0.1) is 34.0 Å². The van der Waals surface area contributed by atoms with Crippen molar-refractivity contribution in [1.82, 2.24) is 0 Å². The molecule has 0 unspecified atom stereocenters. The van der Waals surface area contributed by atoms with Gasteiger partial charge in [-0.3, -0.25) is 0 Å². The number of fused-ring (bicyclic) bond motifs is 13.